The molecule has 0 aliphatic carbocycles. The van der Waals surface area contributed by atoms with Crippen molar-refractivity contribution in [3.63, 3.8) is 0 Å². The largest absolute Gasteiger partial charge is 0.334 e. The number of hydrogen-bond donors (Lipinski definition) is 0. The van der Waals surface area contributed by atoms with E-state index in [0.717, 1.165) is 12.1 Å². The first-order valence-electron chi connectivity index (χ1n) is 7.40. The van der Waals surface area contributed by atoms with Gasteiger partial charge in [0.25, 0.3) is 5.89 Å². The highest BCUT2D eigenvalue weighted by Crippen LogP contribution is 2.21. The van der Waals surface area contributed by atoms with Crippen LogP contribution in [0.25, 0.3) is 11.5 Å². The first kappa shape index (κ1) is 15.2. The molecule has 0 radical (unpaired) electrons. The predicted octanol–water partition coefficient (Wildman–Crippen LogP) is 1.75. The molecule has 2 aromatic rings. The van der Waals surface area contributed by atoms with Crippen LogP contribution in [0.15, 0.2) is 34.9 Å². The summed E-state index contributed by atoms with van der Waals surface area (Å²) in [5.74, 6) is 1.58. The summed E-state index contributed by atoms with van der Waals surface area (Å²) in [7, 11) is -2.89. The monoisotopic (exact) mass is 321 g/mol. The van der Waals surface area contributed by atoms with Gasteiger partial charge in [0.15, 0.2) is 15.7 Å². The van der Waals surface area contributed by atoms with Gasteiger partial charge in [0.05, 0.1) is 18.1 Å². The highest BCUT2D eigenvalue weighted by atomic mass is 32.2. The Morgan fingerprint density at radius 2 is 2.09 bits per heavy atom. The predicted molar refractivity (Wildman–Crippen MR) is 82.9 cm³/mol. The zero-order chi connectivity index (χ0) is 15.6. The number of aromatic nitrogens is 2. The van der Waals surface area contributed by atoms with Crippen molar-refractivity contribution in [2.24, 2.45) is 0 Å². The highest BCUT2D eigenvalue weighted by Gasteiger charge is 2.32. The average Bonchev–Trinajstić information content (AvgIpc) is 3.12. The molecular weight excluding hydrogens is 302 g/mol. The van der Waals surface area contributed by atoms with Crippen molar-refractivity contribution >= 4 is 9.84 Å². The zero-order valence-electron chi connectivity index (χ0n) is 12.5. The topological polar surface area (TPSA) is 76.3 Å². The maximum atomic E-state index is 11.6. The Bertz CT molecular complexity index is 728. The minimum absolute atomic E-state index is 0.0497. The van der Waals surface area contributed by atoms with Crippen LogP contribution >= 0.6 is 0 Å². The summed E-state index contributed by atoms with van der Waals surface area (Å²) < 4.78 is 28.5. The van der Waals surface area contributed by atoms with Crippen molar-refractivity contribution in [1.29, 1.82) is 0 Å². The van der Waals surface area contributed by atoms with Crippen molar-refractivity contribution in [1.82, 2.24) is 15.0 Å². The van der Waals surface area contributed by atoms with E-state index in [9.17, 15) is 8.42 Å². The summed E-state index contributed by atoms with van der Waals surface area (Å²) in [6.07, 6.45) is 0.680. The summed E-state index contributed by atoms with van der Waals surface area (Å²) in [5.41, 5.74) is 0.882. The molecule has 0 unspecified atom stereocenters. The summed E-state index contributed by atoms with van der Waals surface area (Å²) in [4.78, 5) is 6.51. The van der Waals surface area contributed by atoms with Gasteiger partial charge < -0.3 is 4.52 Å². The molecule has 2 heterocycles. The molecule has 1 aliphatic heterocycles. The lowest BCUT2D eigenvalue weighted by atomic mass is 10.2. The van der Waals surface area contributed by atoms with Crippen molar-refractivity contribution < 1.29 is 12.9 Å². The first-order valence-corrected chi connectivity index (χ1v) is 9.22. The van der Waals surface area contributed by atoms with E-state index >= 15 is 0 Å². The maximum absolute atomic E-state index is 11.6. The number of sulfone groups is 1. The smallest absolute Gasteiger partial charge is 0.257 e. The van der Waals surface area contributed by atoms with E-state index in [1.165, 1.54) is 0 Å². The fraction of sp³-hybridized carbons (Fsp3) is 0.467. The van der Waals surface area contributed by atoms with Crippen LogP contribution in [0, 0.1) is 0 Å². The number of nitrogens with zero attached hydrogens (tertiary/aromatic N) is 3. The minimum atomic E-state index is -2.89. The van der Waals surface area contributed by atoms with Gasteiger partial charge in [0.1, 0.15) is 0 Å². The summed E-state index contributed by atoms with van der Waals surface area (Å²) in [6.45, 7) is 3.28. The molecule has 1 aromatic carbocycles. The third kappa shape index (κ3) is 3.36. The van der Waals surface area contributed by atoms with Gasteiger partial charge in [-0.3, -0.25) is 4.90 Å². The molecule has 3 rings (SSSR count). The van der Waals surface area contributed by atoms with E-state index in [1.807, 2.05) is 37.3 Å². The van der Waals surface area contributed by atoms with E-state index in [2.05, 4.69) is 15.0 Å². The van der Waals surface area contributed by atoms with Crippen LogP contribution in [0.1, 0.15) is 19.2 Å². The van der Waals surface area contributed by atoms with Gasteiger partial charge in [-0.25, -0.2) is 8.42 Å². The number of benzene rings is 1. The van der Waals surface area contributed by atoms with Crippen LogP contribution in [0.3, 0.4) is 0 Å². The second-order valence-electron chi connectivity index (χ2n) is 5.50. The molecule has 1 fully saturated rings. The Morgan fingerprint density at radius 3 is 2.73 bits per heavy atom. The molecule has 1 aliphatic rings. The van der Waals surface area contributed by atoms with Crippen molar-refractivity contribution in [3.8, 4) is 11.5 Å². The van der Waals surface area contributed by atoms with E-state index in [1.54, 1.807) is 0 Å². The molecule has 0 N–H and O–H groups in total. The van der Waals surface area contributed by atoms with E-state index < -0.39 is 9.84 Å². The molecule has 1 aromatic heterocycles. The van der Waals surface area contributed by atoms with Gasteiger partial charge in [0.2, 0.25) is 0 Å². The average molecular weight is 321 g/mol. The SMILES string of the molecule is CCN(Cc1noc(-c2ccccc2)n1)[C@H]1CCS(=O)(=O)C1. The van der Waals surface area contributed by atoms with Crippen LogP contribution in [0.4, 0.5) is 0 Å². The lowest BCUT2D eigenvalue weighted by Gasteiger charge is -2.24. The Morgan fingerprint density at radius 1 is 1.32 bits per heavy atom. The lowest BCUT2D eigenvalue weighted by Crippen LogP contribution is -2.35. The molecule has 0 amide bonds. The molecular formula is C15H19N3O3S. The summed E-state index contributed by atoms with van der Waals surface area (Å²) >= 11 is 0. The molecule has 6 nitrogen and oxygen atoms in total. The Labute approximate surface area is 130 Å². The van der Waals surface area contributed by atoms with Gasteiger partial charge in [0, 0.05) is 11.6 Å². The van der Waals surface area contributed by atoms with Crippen LogP contribution < -0.4 is 0 Å². The van der Waals surface area contributed by atoms with Crippen LogP contribution in [0.2, 0.25) is 0 Å². The van der Waals surface area contributed by atoms with Crippen molar-refractivity contribution in [3.05, 3.63) is 36.2 Å². The fourth-order valence-electron chi connectivity index (χ4n) is 2.76. The molecule has 1 atom stereocenters. The quantitative estimate of drug-likeness (QED) is 0.835. The Kier molecular flexibility index (Phi) is 4.26. The second kappa shape index (κ2) is 6.18. The number of rotatable bonds is 5. The van der Waals surface area contributed by atoms with Crippen LogP contribution in [-0.4, -0.2) is 47.6 Å². The molecule has 118 valence electrons. The van der Waals surface area contributed by atoms with Gasteiger partial charge in [-0.15, -0.1) is 0 Å². The summed E-state index contributed by atoms with van der Waals surface area (Å²) in [6, 6.07) is 9.65. The molecule has 0 spiro atoms. The fourth-order valence-corrected chi connectivity index (χ4v) is 4.52. The van der Waals surface area contributed by atoms with Crippen molar-refractivity contribution in [2.45, 2.75) is 25.9 Å². The molecule has 1 saturated heterocycles. The van der Waals surface area contributed by atoms with Gasteiger partial charge in [-0.2, -0.15) is 4.98 Å². The highest BCUT2D eigenvalue weighted by molar-refractivity contribution is 7.91. The number of hydrogen-bond acceptors (Lipinski definition) is 6. The molecule has 22 heavy (non-hydrogen) atoms. The molecule has 0 saturated carbocycles. The van der Waals surface area contributed by atoms with Gasteiger partial charge >= 0.3 is 0 Å². The molecule has 0 bridgehead atoms. The third-order valence-corrected chi connectivity index (χ3v) is 5.71. The van der Waals surface area contributed by atoms with E-state index in [-0.39, 0.29) is 17.5 Å². The van der Waals surface area contributed by atoms with Crippen LogP contribution in [0.5, 0.6) is 0 Å². The molecule has 7 heteroatoms. The van der Waals surface area contributed by atoms with E-state index in [0.29, 0.717) is 24.7 Å². The Balaban J connectivity index is 1.71. The van der Waals surface area contributed by atoms with Gasteiger partial charge in [-0.1, -0.05) is 30.3 Å². The normalized spacial score (nSPS) is 20.5. The zero-order valence-corrected chi connectivity index (χ0v) is 13.3. The lowest BCUT2D eigenvalue weighted by molar-refractivity contribution is 0.207. The first-order chi connectivity index (χ1) is 10.6. The standard InChI is InChI=1S/C15H19N3O3S/c1-2-18(13-8-9-22(19,20)11-13)10-14-16-15(21-17-14)12-6-4-3-5-7-12/h3-7,13H,2,8-11H2,1H3/t13-/m0/s1. The minimum Gasteiger partial charge on any atom is -0.334 e. The maximum Gasteiger partial charge on any atom is 0.257 e. The van der Waals surface area contributed by atoms with Crippen LogP contribution in [-0.2, 0) is 16.4 Å². The van der Waals surface area contributed by atoms with E-state index in [4.69, 9.17) is 4.52 Å². The van der Waals surface area contributed by atoms with Gasteiger partial charge in [-0.05, 0) is 25.1 Å². The summed E-state index contributed by atoms with van der Waals surface area (Å²) in [5, 5.41) is 4.01. The Hall–Kier alpha value is -1.73. The van der Waals surface area contributed by atoms with Crippen molar-refractivity contribution in [2.75, 3.05) is 18.1 Å². The third-order valence-electron chi connectivity index (χ3n) is 3.96. The second-order valence-corrected chi connectivity index (χ2v) is 7.73.